The lowest BCUT2D eigenvalue weighted by Crippen LogP contribution is -2.51. The maximum atomic E-state index is 12.5. The van der Waals surface area contributed by atoms with Crippen molar-refractivity contribution < 1.29 is 9.90 Å². The molecule has 0 radical (unpaired) electrons. The molecule has 5 nitrogen and oxygen atoms in total. The molecule has 1 saturated heterocycles. The molecule has 2 N–H and O–H groups in total. The van der Waals surface area contributed by atoms with Gasteiger partial charge in [0.15, 0.2) is 0 Å². The third-order valence-corrected chi connectivity index (χ3v) is 5.12. The highest BCUT2D eigenvalue weighted by molar-refractivity contribution is 6.31. The van der Waals surface area contributed by atoms with Crippen LogP contribution in [0.25, 0.3) is 0 Å². The maximum absolute atomic E-state index is 12.5. The number of carbonyl (C=O) groups is 1. The summed E-state index contributed by atoms with van der Waals surface area (Å²) in [6.45, 7) is 5.28. The average molecular weight is 374 g/mol. The first-order valence-electron chi connectivity index (χ1n) is 8.84. The quantitative estimate of drug-likeness (QED) is 0.845. The molecule has 0 saturated carbocycles. The minimum absolute atomic E-state index is 0.0194. The minimum Gasteiger partial charge on any atom is -0.508 e. The highest BCUT2D eigenvalue weighted by atomic mass is 35.5. The fourth-order valence-electron chi connectivity index (χ4n) is 3.17. The number of piperazine rings is 1. The number of phenols is 1. The second-order valence-electron chi connectivity index (χ2n) is 6.51. The molecule has 3 rings (SSSR count). The molecule has 1 fully saturated rings. The van der Waals surface area contributed by atoms with Crippen LogP contribution in [0.3, 0.4) is 0 Å². The maximum Gasteiger partial charge on any atom is 0.236 e. The van der Waals surface area contributed by atoms with E-state index in [4.69, 9.17) is 11.6 Å². The Morgan fingerprint density at radius 2 is 1.77 bits per heavy atom. The molecular weight excluding hydrogens is 350 g/mol. The predicted molar refractivity (Wildman–Crippen MR) is 105 cm³/mol. The number of hydrogen-bond donors (Lipinski definition) is 2. The van der Waals surface area contributed by atoms with Crippen molar-refractivity contribution in [2.45, 2.75) is 13.0 Å². The molecule has 0 aliphatic carbocycles. The van der Waals surface area contributed by atoms with Crippen LogP contribution in [-0.4, -0.2) is 48.6 Å². The molecule has 6 heteroatoms. The molecule has 1 atom stereocenters. The highest BCUT2D eigenvalue weighted by Crippen LogP contribution is 2.22. The summed E-state index contributed by atoms with van der Waals surface area (Å²) >= 11 is 6.21. The fraction of sp³-hybridized carbons (Fsp3) is 0.350. The van der Waals surface area contributed by atoms with Crippen molar-refractivity contribution in [1.82, 2.24) is 10.2 Å². The first-order chi connectivity index (χ1) is 12.5. The SMILES string of the molecule is C[C@H](NCC(=O)N1CCN(c2ccc(O)cc2)CC1)c1ccccc1Cl. The lowest BCUT2D eigenvalue weighted by Gasteiger charge is -2.36. The zero-order chi connectivity index (χ0) is 18.5. The topological polar surface area (TPSA) is 55.8 Å². The summed E-state index contributed by atoms with van der Waals surface area (Å²) < 4.78 is 0. The lowest BCUT2D eigenvalue weighted by atomic mass is 10.1. The van der Waals surface area contributed by atoms with E-state index in [9.17, 15) is 9.90 Å². The van der Waals surface area contributed by atoms with E-state index in [1.54, 1.807) is 12.1 Å². The van der Waals surface area contributed by atoms with Crippen LogP contribution in [0, 0.1) is 0 Å². The van der Waals surface area contributed by atoms with Gasteiger partial charge in [0, 0.05) is 42.9 Å². The molecule has 1 aliphatic heterocycles. The molecule has 1 aliphatic rings. The van der Waals surface area contributed by atoms with Gasteiger partial charge in [-0.25, -0.2) is 0 Å². The molecular formula is C20H24ClN3O2. The summed E-state index contributed by atoms with van der Waals surface area (Å²) in [5.74, 6) is 0.371. The van der Waals surface area contributed by atoms with Gasteiger partial charge in [-0.15, -0.1) is 0 Å². The Hall–Kier alpha value is -2.24. The van der Waals surface area contributed by atoms with E-state index < -0.39 is 0 Å². The number of carbonyl (C=O) groups excluding carboxylic acids is 1. The number of halogens is 1. The Bertz CT molecular complexity index is 743. The zero-order valence-corrected chi connectivity index (χ0v) is 15.6. The smallest absolute Gasteiger partial charge is 0.236 e. The molecule has 1 amide bonds. The summed E-state index contributed by atoms with van der Waals surface area (Å²) in [4.78, 5) is 16.6. The van der Waals surface area contributed by atoms with E-state index in [-0.39, 0.29) is 17.7 Å². The molecule has 0 spiro atoms. The number of nitrogens with zero attached hydrogens (tertiary/aromatic N) is 2. The van der Waals surface area contributed by atoms with Crippen LogP contribution in [0.2, 0.25) is 5.02 Å². The summed E-state index contributed by atoms with van der Waals surface area (Å²) in [7, 11) is 0. The average Bonchev–Trinajstić information content (AvgIpc) is 2.67. The molecule has 0 unspecified atom stereocenters. The minimum atomic E-state index is 0.0194. The Kier molecular flexibility index (Phi) is 6.01. The normalized spacial score (nSPS) is 15.8. The second-order valence-corrected chi connectivity index (χ2v) is 6.92. The first-order valence-corrected chi connectivity index (χ1v) is 9.22. The van der Waals surface area contributed by atoms with E-state index in [0.717, 1.165) is 24.3 Å². The van der Waals surface area contributed by atoms with E-state index >= 15 is 0 Å². The zero-order valence-electron chi connectivity index (χ0n) is 14.9. The van der Waals surface area contributed by atoms with Crippen molar-refractivity contribution in [3.8, 4) is 5.75 Å². The fourth-order valence-corrected chi connectivity index (χ4v) is 3.47. The second kappa shape index (κ2) is 8.43. The van der Waals surface area contributed by atoms with Crippen molar-refractivity contribution in [2.75, 3.05) is 37.6 Å². The highest BCUT2D eigenvalue weighted by Gasteiger charge is 2.21. The van der Waals surface area contributed by atoms with Crippen molar-refractivity contribution in [1.29, 1.82) is 0 Å². The summed E-state index contributed by atoms with van der Waals surface area (Å²) in [5, 5.41) is 13.4. The van der Waals surface area contributed by atoms with Gasteiger partial charge in [-0.2, -0.15) is 0 Å². The van der Waals surface area contributed by atoms with Crippen LogP contribution in [-0.2, 0) is 4.79 Å². The summed E-state index contributed by atoms with van der Waals surface area (Å²) in [6, 6.07) is 14.9. The van der Waals surface area contributed by atoms with Gasteiger partial charge in [0.25, 0.3) is 0 Å². The van der Waals surface area contributed by atoms with E-state index in [1.807, 2.05) is 48.2 Å². The standard InChI is InChI=1S/C20H24ClN3O2/c1-15(18-4-2-3-5-19(18)21)22-14-20(26)24-12-10-23(11-13-24)16-6-8-17(25)9-7-16/h2-9,15,22,25H,10-14H2,1H3/t15-/m0/s1. The molecule has 0 bridgehead atoms. The number of hydrogen-bond acceptors (Lipinski definition) is 4. The third kappa shape index (κ3) is 4.48. The largest absolute Gasteiger partial charge is 0.508 e. The van der Waals surface area contributed by atoms with Crippen LogP contribution in [0.4, 0.5) is 5.69 Å². The van der Waals surface area contributed by atoms with Crippen molar-refractivity contribution in [3.05, 3.63) is 59.1 Å². The number of phenolic OH excluding ortho intramolecular Hbond substituents is 1. The molecule has 0 aromatic heterocycles. The Labute approximate surface area is 159 Å². The Balaban J connectivity index is 1.48. The van der Waals surface area contributed by atoms with Crippen LogP contribution < -0.4 is 10.2 Å². The molecule has 26 heavy (non-hydrogen) atoms. The van der Waals surface area contributed by atoms with Gasteiger partial charge < -0.3 is 20.2 Å². The van der Waals surface area contributed by atoms with Crippen LogP contribution in [0.1, 0.15) is 18.5 Å². The number of anilines is 1. The van der Waals surface area contributed by atoms with Crippen LogP contribution in [0.15, 0.2) is 48.5 Å². The Morgan fingerprint density at radius 3 is 2.42 bits per heavy atom. The van der Waals surface area contributed by atoms with Gasteiger partial charge in [0.2, 0.25) is 5.91 Å². The molecule has 2 aromatic rings. The number of aromatic hydroxyl groups is 1. The number of amides is 1. The molecule has 1 heterocycles. The van der Waals surface area contributed by atoms with Gasteiger partial charge in [-0.3, -0.25) is 4.79 Å². The van der Waals surface area contributed by atoms with Gasteiger partial charge in [0.05, 0.1) is 6.54 Å². The predicted octanol–water partition coefficient (Wildman–Crippen LogP) is 3.05. The Morgan fingerprint density at radius 1 is 1.12 bits per heavy atom. The van der Waals surface area contributed by atoms with Crippen LogP contribution >= 0.6 is 11.6 Å². The van der Waals surface area contributed by atoms with Crippen molar-refractivity contribution in [3.63, 3.8) is 0 Å². The summed E-state index contributed by atoms with van der Waals surface area (Å²) in [5.41, 5.74) is 2.07. The van der Waals surface area contributed by atoms with Gasteiger partial charge >= 0.3 is 0 Å². The lowest BCUT2D eigenvalue weighted by molar-refractivity contribution is -0.130. The van der Waals surface area contributed by atoms with E-state index in [2.05, 4.69) is 10.2 Å². The van der Waals surface area contributed by atoms with Gasteiger partial charge in [-0.1, -0.05) is 29.8 Å². The monoisotopic (exact) mass is 373 g/mol. The van der Waals surface area contributed by atoms with Crippen molar-refractivity contribution in [2.24, 2.45) is 0 Å². The molecule has 2 aromatic carbocycles. The molecule has 138 valence electrons. The number of rotatable bonds is 5. The first kappa shape index (κ1) is 18.5. The van der Waals surface area contributed by atoms with E-state index in [1.165, 1.54) is 0 Å². The van der Waals surface area contributed by atoms with Gasteiger partial charge in [0.1, 0.15) is 5.75 Å². The van der Waals surface area contributed by atoms with Crippen molar-refractivity contribution >= 4 is 23.2 Å². The summed E-state index contributed by atoms with van der Waals surface area (Å²) in [6.07, 6.45) is 0. The van der Waals surface area contributed by atoms with Crippen LogP contribution in [0.5, 0.6) is 5.75 Å². The van der Waals surface area contributed by atoms with Gasteiger partial charge in [-0.05, 0) is 42.8 Å². The number of benzene rings is 2. The van der Waals surface area contributed by atoms with E-state index in [0.29, 0.717) is 24.7 Å². The third-order valence-electron chi connectivity index (χ3n) is 4.78. The number of nitrogens with one attached hydrogen (secondary N) is 1.